The van der Waals surface area contributed by atoms with Gasteiger partial charge >= 0.3 is 0 Å². The standard InChI is InChI=1S/C16H13Cl2N3O/c17-11-2-1-3-12(18)16(11)15(22)9-21-13-5-7-20-14-8-19-6-4-10(13)14/h1-8,15,22H,9H2,(H,20,21). The highest BCUT2D eigenvalue weighted by Crippen LogP contribution is 2.30. The average molecular weight is 334 g/mol. The molecule has 2 heterocycles. The average Bonchev–Trinajstić information content (AvgIpc) is 2.52. The number of nitrogens with zero attached hydrogens (tertiary/aromatic N) is 2. The van der Waals surface area contributed by atoms with Gasteiger partial charge in [0.2, 0.25) is 0 Å². The van der Waals surface area contributed by atoms with Crippen molar-refractivity contribution in [1.82, 2.24) is 9.97 Å². The van der Waals surface area contributed by atoms with Crippen molar-refractivity contribution in [3.63, 3.8) is 0 Å². The van der Waals surface area contributed by atoms with Crippen molar-refractivity contribution in [2.45, 2.75) is 6.10 Å². The predicted octanol–water partition coefficient (Wildman–Crippen LogP) is 4.08. The maximum absolute atomic E-state index is 10.4. The predicted molar refractivity (Wildman–Crippen MR) is 89.4 cm³/mol. The van der Waals surface area contributed by atoms with Crippen LogP contribution in [0.2, 0.25) is 10.0 Å². The number of halogens is 2. The molecular weight excluding hydrogens is 321 g/mol. The summed E-state index contributed by atoms with van der Waals surface area (Å²) in [6.07, 6.45) is 4.28. The van der Waals surface area contributed by atoms with E-state index in [0.29, 0.717) is 15.6 Å². The number of aliphatic hydroxyl groups is 1. The third kappa shape index (κ3) is 2.99. The lowest BCUT2D eigenvalue weighted by atomic mass is 10.1. The summed E-state index contributed by atoms with van der Waals surface area (Å²) in [7, 11) is 0. The molecule has 0 bridgehead atoms. The van der Waals surface area contributed by atoms with Crippen LogP contribution in [0.5, 0.6) is 0 Å². The molecule has 0 spiro atoms. The monoisotopic (exact) mass is 333 g/mol. The van der Waals surface area contributed by atoms with E-state index in [4.69, 9.17) is 23.2 Å². The molecule has 0 saturated carbocycles. The van der Waals surface area contributed by atoms with Gasteiger partial charge in [-0.1, -0.05) is 29.3 Å². The molecule has 1 aromatic carbocycles. The van der Waals surface area contributed by atoms with Crippen molar-refractivity contribution in [3.8, 4) is 0 Å². The van der Waals surface area contributed by atoms with Crippen LogP contribution in [0.3, 0.4) is 0 Å². The second-order valence-electron chi connectivity index (χ2n) is 4.78. The molecule has 2 N–H and O–H groups in total. The van der Waals surface area contributed by atoms with Crippen molar-refractivity contribution >= 4 is 39.8 Å². The van der Waals surface area contributed by atoms with E-state index >= 15 is 0 Å². The summed E-state index contributed by atoms with van der Waals surface area (Å²) in [5, 5.41) is 15.4. The van der Waals surface area contributed by atoms with Crippen molar-refractivity contribution in [2.75, 3.05) is 11.9 Å². The smallest absolute Gasteiger partial charge is 0.0991 e. The number of hydrogen-bond donors (Lipinski definition) is 2. The molecule has 1 atom stereocenters. The Morgan fingerprint density at radius 1 is 1.09 bits per heavy atom. The van der Waals surface area contributed by atoms with Crippen LogP contribution in [-0.4, -0.2) is 21.6 Å². The first kappa shape index (κ1) is 15.0. The largest absolute Gasteiger partial charge is 0.386 e. The number of pyridine rings is 2. The molecule has 6 heteroatoms. The number of hydrogen-bond acceptors (Lipinski definition) is 4. The van der Waals surface area contributed by atoms with Crippen LogP contribution in [0, 0.1) is 0 Å². The van der Waals surface area contributed by atoms with Crippen LogP contribution < -0.4 is 5.32 Å². The van der Waals surface area contributed by atoms with E-state index in [0.717, 1.165) is 16.6 Å². The van der Waals surface area contributed by atoms with Gasteiger partial charge in [0, 0.05) is 45.6 Å². The molecule has 0 aliphatic carbocycles. The first-order valence-electron chi connectivity index (χ1n) is 6.71. The van der Waals surface area contributed by atoms with E-state index in [2.05, 4.69) is 15.3 Å². The highest BCUT2D eigenvalue weighted by Gasteiger charge is 2.15. The van der Waals surface area contributed by atoms with Gasteiger partial charge in [-0.05, 0) is 24.3 Å². The van der Waals surface area contributed by atoms with E-state index in [9.17, 15) is 5.11 Å². The Labute approximate surface area is 137 Å². The normalized spacial score (nSPS) is 12.3. The Hall–Kier alpha value is -1.88. The van der Waals surface area contributed by atoms with E-state index in [1.165, 1.54) is 0 Å². The SMILES string of the molecule is OC(CNc1ccnc2cnccc12)c1c(Cl)cccc1Cl. The Balaban J connectivity index is 1.82. The Morgan fingerprint density at radius 3 is 2.64 bits per heavy atom. The van der Waals surface area contributed by atoms with E-state index < -0.39 is 6.10 Å². The van der Waals surface area contributed by atoms with Crippen molar-refractivity contribution in [1.29, 1.82) is 0 Å². The van der Waals surface area contributed by atoms with Crippen LogP contribution in [0.25, 0.3) is 10.9 Å². The molecule has 0 saturated heterocycles. The van der Waals surface area contributed by atoms with Crippen molar-refractivity contribution in [2.24, 2.45) is 0 Å². The van der Waals surface area contributed by atoms with Gasteiger partial charge in [0.1, 0.15) is 0 Å². The zero-order valence-electron chi connectivity index (χ0n) is 11.5. The molecule has 0 aliphatic heterocycles. The zero-order chi connectivity index (χ0) is 15.5. The summed E-state index contributed by atoms with van der Waals surface area (Å²) in [6.45, 7) is 0.283. The zero-order valence-corrected chi connectivity index (χ0v) is 13.0. The molecule has 3 aromatic rings. The van der Waals surface area contributed by atoms with Gasteiger partial charge < -0.3 is 10.4 Å². The summed E-state index contributed by atoms with van der Waals surface area (Å²) in [6, 6.07) is 8.89. The highest BCUT2D eigenvalue weighted by atomic mass is 35.5. The van der Waals surface area contributed by atoms with E-state index in [1.54, 1.807) is 36.8 Å². The fourth-order valence-electron chi connectivity index (χ4n) is 2.29. The molecule has 0 amide bonds. The molecule has 3 rings (SSSR count). The molecule has 0 fully saturated rings. The number of aliphatic hydroxyl groups excluding tert-OH is 1. The number of nitrogens with one attached hydrogen (secondary N) is 1. The van der Waals surface area contributed by atoms with Crippen LogP contribution in [0.4, 0.5) is 5.69 Å². The Kier molecular flexibility index (Phi) is 4.43. The lowest BCUT2D eigenvalue weighted by molar-refractivity contribution is 0.192. The van der Waals surface area contributed by atoms with Gasteiger partial charge in [0.05, 0.1) is 17.8 Å². The highest BCUT2D eigenvalue weighted by molar-refractivity contribution is 6.36. The van der Waals surface area contributed by atoms with Crippen LogP contribution in [0.1, 0.15) is 11.7 Å². The van der Waals surface area contributed by atoms with Gasteiger partial charge in [0.25, 0.3) is 0 Å². The molecule has 22 heavy (non-hydrogen) atoms. The van der Waals surface area contributed by atoms with Gasteiger partial charge in [0.15, 0.2) is 0 Å². The summed E-state index contributed by atoms with van der Waals surface area (Å²) < 4.78 is 0. The second-order valence-corrected chi connectivity index (χ2v) is 5.60. The van der Waals surface area contributed by atoms with Crippen molar-refractivity contribution in [3.05, 3.63) is 64.5 Å². The minimum Gasteiger partial charge on any atom is -0.386 e. The lowest BCUT2D eigenvalue weighted by Crippen LogP contribution is -2.13. The molecule has 1 unspecified atom stereocenters. The van der Waals surface area contributed by atoms with E-state index in [1.807, 2.05) is 12.1 Å². The summed E-state index contributed by atoms with van der Waals surface area (Å²) >= 11 is 12.2. The second kappa shape index (κ2) is 6.48. The van der Waals surface area contributed by atoms with Gasteiger partial charge in [-0.3, -0.25) is 9.97 Å². The first-order valence-corrected chi connectivity index (χ1v) is 7.47. The number of fused-ring (bicyclic) bond motifs is 1. The molecule has 112 valence electrons. The summed E-state index contributed by atoms with van der Waals surface area (Å²) in [4.78, 5) is 8.29. The molecule has 4 nitrogen and oxygen atoms in total. The van der Waals surface area contributed by atoms with Crippen molar-refractivity contribution < 1.29 is 5.11 Å². The van der Waals surface area contributed by atoms with Crippen LogP contribution in [-0.2, 0) is 0 Å². The van der Waals surface area contributed by atoms with Gasteiger partial charge in [-0.25, -0.2) is 0 Å². The quantitative estimate of drug-likeness (QED) is 0.755. The van der Waals surface area contributed by atoms with E-state index in [-0.39, 0.29) is 6.54 Å². The Morgan fingerprint density at radius 2 is 1.86 bits per heavy atom. The maximum atomic E-state index is 10.4. The van der Waals surface area contributed by atoms with Gasteiger partial charge in [-0.15, -0.1) is 0 Å². The number of aromatic nitrogens is 2. The Bertz CT molecular complexity index is 785. The minimum atomic E-state index is -0.814. The topological polar surface area (TPSA) is 58.0 Å². The number of rotatable bonds is 4. The third-order valence-electron chi connectivity index (χ3n) is 3.36. The summed E-state index contributed by atoms with van der Waals surface area (Å²) in [5.74, 6) is 0. The fourth-order valence-corrected chi connectivity index (χ4v) is 2.94. The van der Waals surface area contributed by atoms with Crippen LogP contribution in [0.15, 0.2) is 48.9 Å². The van der Waals surface area contributed by atoms with Gasteiger partial charge in [-0.2, -0.15) is 0 Å². The lowest BCUT2D eigenvalue weighted by Gasteiger charge is -2.16. The summed E-state index contributed by atoms with van der Waals surface area (Å²) in [5.41, 5.74) is 2.19. The molecule has 0 aliphatic rings. The van der Waals surface area contributed by atoms with Crippen LogP contribution >= 0.6 is 23.2 Å². The third-order valence-corrected chi connectivity index (χ3v) is 4.02. The number of anilines is 1. The first-order chi connectivity index (χ1) is 10.7. The maximum Gasteiger partial charge on any atom is 0.0991 e. The molecule has 2 aromatic heterocycles. The number of benzene rings is 1. The molecule has 0 radical (unpaired) electrons. The minimum absolute atomic E-state index is 0.283. The molecular formula is C16H13Cl2N3O. The fraction of sp³-hybridized carbons (Fsp3) is 0.125.